The van der Waals surface area contributed by atoms with E-state index in [0.717, 1.165) is 0 Å². The van der Waals surface area contributed by atoms with Crippen LogP contribution in [0.2, 0.25) is 0 Å². The third-order valence-corrected chi connectivity index (χ3v) is 5.43. The highest BCUT2D eigenvalue weighted by Gasteiger charge is 2.41. The molecule has 0 spiro atoms. The molecule has 3 unspecified atom stereocenters. The van der Waals surface area contributed by atoms with Crippen molar-refractivity contribution in [1.29, 1.82) is 0 Å². The van der Waals surface area contributed by atoms with Crippen LogP contribution in [0.5, 0.6) is 0 Å². The molecular formula is C17H29NO3. The molecule has 0 aromatic rings. The fraction of sp³-hybridized carbons (Fsp3) is 0.882. The van der Waals surface area contributed by atoms with Crippen molar-refractivity contribution in [3.63, 3.8) is 0 Å². The number of amides is 1. The SMILES string of the molecule is CC1CC(C(=O)O)C(C(=O)N[C@H](C)C2CCCCCC2)C1. The van der Waals surface area contributed by atoms with Crippen molar-refractivity contribution in [3.8, 4) is 0 Å². The Morgan fingerprint density at radius 3 is 2.19 bits per heavy atom. The predicted molar refractivity (Wildman–Crippen MR) is 81.8 cm³/mol. The molecule has 21 heavy (non-hydrogen) atoms. The number of carbonyl (C=O) groups is 2. The van der Waals surface area contributed by atoms with E-state index in [-0.39, 0.29) is 17.9 Å². The molecule has 4 nitrogen and oxygen atoms in total. The van der Waals surface area contributed by atoms with E-state index in [2.05, 4.69) is 12.2 Å². The van der Waals surface area contributed by atoms with Crippen LogP contribution in [0.4, 0.5) is 0 Å². The Balaban J connectivity index is 1.91. The molecule has 1 amide bonds. The Hall–Kier alpha value is -1.06. The molecule has 4 heteroatoms. The molecule has 0 heterocycles. The molecule has 2 saturated carbocycles. The first kappa shape index (κ1) is 16.3. The monoisotopic (exact) mass is 295 g/mol. The Morgan fingerprint density at radius 2 is 1.62 bits per heavy atom. The largest absolute Gasteiger partial charge is 0.481 e. The molecule has 120 valence electrons. The van der Waals surface area contributed by atoms with E-state index in [1.807, 2.05) is 6.92 Å². The first-order valence-electron chi connectivity index (χ1n) is 8.52. The van der Waals surface area contributed by atoms with Crippen LogP contribution >= 0.6 is 0 Å². The molecule has 4 atom stereocenters. The Kier molecular flexibility index (Phi) is 5.65. The number of hydrogen-bond acceptors (Lipinski definition) is 2. The third-order valence-electron chi connectivity index (χ3n) is 5.43. The standard InChI is InChI=1S/C17H29NO3/c1-11-9-14(15(10-11)17(20)21)16(19)18-12(2)13-7-5-3-4-6-8-13/h11-15H,3-10H2,1-2H3,(H,18,19)(H,20,21)/t11?,12-,14?,15?/m1/s1. The van der Waals surface area contributed by atoms with Gasteiger partial charge in [0.2, 0.25) is 5.91 Å². The molecule has 2 N–H and O–H groups in total. The molecule has 0 bridgehead atoms. The van der Waals surface area contributed by atoms with E-state index < -0.39 is 11.9 Å². The number of nitrogens with one attached hydrogen (secondary N) is 1. The van der Waals surface area contributed by atoms with E-state index >= 15 is 0 Å². The Morgan fingerprint density at radius 1 is 1.05 bits per heavy atom. The minimum Gasteiger partial charge on any atom is -0.481 e. The second kappa shape index (κ2) is 7.28. The number of hydrogen-bond donors (Lipinski definition) is 2. The van der Waals surface area contributed by atoms with Crippen LogP contribution < -0.4 is 5.32 Å². The quantitative estimate of drug-likeness (QED) is 0.783. The van der Waals surface area contributed by atoms with Crippen molar-refractivity contribution in [1.82, 2.24) is 5.32 Å². The van der Waals surface area contributed by atoms with Gasteiger partial charge in [0.25, 0.3) is 0 Å². The maximum Gasteiger partial charge on any atom is 0.307 e. The molecule has 0 saturated heterocycles. The van der Waals surface area contributed by atoms with Gasteiger partial charge in [-0.25, -0.2) is 0 Å². The Labute approximate surface area is 127 Å². The molecule has 2 fully saturated rings. The summed E-state index contributed by atoms with van der Waals surface area (Å²) in [6.07, 6.45) is 8.82. The van der Waals surface area contributed by atoms with Gasteiger partial charge in [-0.3, -0.25) is 9.59 Å². The molecule has 0 aromatic heterocycles. The van der Waals surface area contributed by atoms with Crippen LogP contribution in [0.1, 0.15) is 65.2 Å². The summed E-state index contributed by atoms with van der Waals surface area (Å²) in [6.45, 7) is 4.12. The summed E-state index contributed by atoms with van der Waals surface area (Å²) >= 11 is 0. The van der Waals surface area contributed by atoms with Gasteiger partial charge in [0.15, 0.2) is 0 Å². The smallest absolute Gasteiger partial charge is 0.307 e. The van der Waals surface area contributed by atoms with Crippen molar-refractivity contribution >= 4 is 11.9 Å². The number of carbonyl (C=O) groups excluding carboxylic acids is 1. The van der Waals surface area contributed by atoms with Crippen molar-refractivity contribution in [3.05, 3.63) is 0 Å². The maximum atomic E-state index is 12.5. The van der Waals surface area contributed by atoms with Gasteiger partial charge in [-0.1, -0.05) is 32.6 Å². The zero-order chi connectivity index (χ0) is 15.4. The lowest BCUT2D eigenvalue weighted by Gasteiger charge is -2.26. The van der Waals surface area contributed by atoms with Gasteiger partial charge in [0.05, 0.1) is 11.8 Å². The average molecular weight is 295 g/mol. The summed E-state index contributed by atoms with van der Waals surface area (Å²) in [7, 11) is 0. The van der Waals surface area contributed by atoms with Crippen LogP contribution in [0.15, 0.2) is 0 Å². The van der Waals surface area contributed by atoms with Crippen molar-refractivity contribution < 1.29 is 14.7 Å². The van der Waals surface area contributed by atoms with E-state index in [0.29, 0.717) is 24.7 Å². The van der Waals surface area contributed by atoms with E-state index in [1.165, 1.54) is 38.5 Å². The molecule has 2 rings (SSSR count). The molecular weight excluding hydrogens is 266 g/mol. The Bertz CT molecular complexity index is 374. The number of rotatable bonds is 4. The van der Waals surface area contributed by atoms with Crippen LogP contribution in [0.25, 0.3) is 0 Å². The second-order valence-electron chi connectivity index (χ2n) is 7.18. The molecule has 0 aromatic carbocycles. The minimum absolute atomic E-state index is 0.0384. The summed E-state index contributed by atoms with van der Waals surface area (Å²) in [5, 5.41) is 12.4. The van der Waals surface area contributed by atoms with Crippen LogP contribution in [0, 0.1) is 23.7 Å². The van der Waals surface area contributed by atoms with Gasteiger partial charge in [-0.05, 0) is 44.4 Å². The maximum absolute atomic E-state index is 12.5. The molecule has 0 radical (unpaired) electrons. The summed E-state index contributed by atoms with van der Waals surface area (Å²) in [6, 6.07) is 0.168. The lowest BCUT2D eigenvalue weighted by molar-refractivity contribution is -0.146. The van der Waals surface area contributed by atoms with Gasteiger partial charge < -0.3 is 10.4 Å². The minimum atomic E-state index is -0.818. The first-order valence-corrected chi connectivity index (χ1v) is 8.52. The average Bonchev–Trinajstić information content (AvgIpc) is 2.65. The third kappa shape index (κ3) is 4.21. The van der Waals surface area contributed by atoms with Crippen LogP contribution in [-0.4, -0.2) is 23.0 Å². The fourth-order valence-electron chi connectivity index (χ4n) is 4.11. The van der Waals surface area contributed by atoms with Gasteiger partial charge in [-0.2, -0.15) is 0 Å². The molecule has 2 aliphatic rings. The van der Waals surface area contributed by atoms with Gasteiger partial charge in [0.1, 0.15) is 0 Å². The van der Waals surface area contributed by atoms with Crippen molar-refractivity contribution in [2.24, 2.45) is 23.7 Å². The summed E-state index contributed by atoms with van der Waals surface area (Å²) in [5.74, 6) is -0.814. The van der Waals surface area contributed by atoms with E-state index in [9.17, 15) is 14.7 Å². The molecule has 2 aliphatic carbocycles. The van der Waals surface area contributed by atoms with Gasteiger partial charge >= 0.3 is 5.97 Å². The fourth-order valence-corrected chi connectivity index (χ4v) is 4.11. The van der Waals surface area contributed by atoms with Crippen molar-refractivity contribution in [2.75, 3.05) is 0 Å². The summed E-state index contributed by atoms with van der Waals surface area (Å²) in [4.78, 5) is 23.8. The lowest BCUT2D eigenvalue weighted by atomic mass is 9.91. The lowest BCUT2D eigenvalue weighted by Crippen LogP contribution is -2.43. The second-order valence-corrected chi connectivity index (χ2v) is 7.18. The highest BCUT2D eigenvalue weighted by Crippen LogP contribution is 2.37. The topological polar surface area (TPSA) is 66.4 Å². The zero-order valence-corrected chi connectivity index (χ0v) is 13.3. The summed E-state index contributed by atoms with van der Waals surface area (Å²) in [5.41, 5.74) is 0. The van der Waals surface area contributed by atoms with Gasteiger partial charge in [-0.15, -0.1) is 0 Å². The summed E-state index contributed by atoms with van der Waals surface area (Å²) < 4.78 is 0. The number of aliphatic carboxylic acids is 1. The molecule has 0 aliphatic heterocycles. The van der Waals surface area contributed by atoms with Crippen molar-refractivity contribution in [2.45, 2.75) is 71.3 Å². The zero-order valence-electron chi connectivity index (χ0n) is 13.3. The van der Waals surface area contributed by atoms with Crippen LogP contribution in [-0.2, 0) is 9.59 Å². The number of carboxylic acid groups (broad SMARTS) is 1. The highest BCUT2D eigenvalue weighted by molar-refractivity contribution is 5.85. The van der Waals surface area contributed by atoms with E-state index in [4.69, 9.17) is 0 Å². The predicted octanol–water partition coefficient (Wildman–Crippen LogP) is 3.21. The van der Waals surface area contributed by atoms with Gasteiger partial charge in [0, 0.05) is 6.04 Å². The highest BCUT2D eigenvalue weighted by atomic mass is 16.4. The van der Waals surface area contributed by atoms with E-state index in [1.54, 1.807) is 0 Å². The number of carboxylic acids is 1. The van der Waals surface area contributed by atoms with Crippen LogP contribution in [0.3, 0.4) is 0 Å². The normalized spacial score (nSPS) is 32.4. The first-order chi connectivity index (χ1) is 9.99.